The van der Waals surface area contributed by atoms with E-state index in [0.717, 1.165) is 62.4 Å². The Morgan fingerprint density at radius 3 is 2.31 bits per heavy atom. The molecule has 4 heteroatoms. The molecular weight excluding hydrogens is 322 g/mol. The Hall–Kier alpha value is -2.07. The van der Waals surface area contributed by atoms with E-state index in [1.165, 1.54) is 11.1 Å². The zero-order chi connectivity index (χ0) is 18.3. The largest absolute Gasteiger partial charge is 0.351 e. The van der Waals surface area contributed by atoms with Gasteiger partial charge in [0.05, 0.1) is 5.56 Å². The summed E-state index contributed by atoms with van der Waals surface area (Å²) in [4.78, 5) is 17.7. The van der Waals surface area contributed by atoms with E-state index in [-0.39, 0.29) is 5.91 Å². The minimum atomic E-state index is 0.197. The van der Waals surface area contributed by atoms with Crippen LogP contribution >= 0.6 is 0 Å². The van der Waals surface area contributed by atoms with Crippen LogP contribution < -0.4 is 0 Å². The van der Waals surface area contributed by atoms with Crippen LogP contribution in [0.25, 0.3) is 0 Å². The van der Waals surface area contributed by atoms with Gasteiger partial charge in [-0.15, -0.1) is 0 Å². The summed E-state index contributed by atoms with van der Waals surface area (Å²) in [6, 6.07) is 11.5. The topological polar surface area (TPSA) is 28.5 Å². The lowest BCUT2D eigenvalue weighted by molar-refractivity contribution is 0.0757. The molecule has 1 aliphatic heterocycles. The number of hydrogen-bond donors (Lipinski definition) is 0. The Bertz CT molecular complexity index is 798. The average Bonchev–Trinajstić information content (AvgIpc) is 3.07. The van der Waals surface area contributed by atoms with Crippen molar-refractivity contribution in [1.29, 1.82) is 0 Å². The van der Waals surface area contributed by atoms with Crippen LogP contribution in [-0.2, 0) is 19.9 Å². The molecule has 0 atom stereocenters. The van der Waals surface area contributed by atoms with Crippen LogP contribution in [0.15, 0.2) is 30.3 Å². The fourth-order valence-corrected chi connectivity index (χ4v) is 4.54. The number of rotatable bonds is 2. The van der Waals surface area contributed by atoms with Crippen molar-refractivity contribution in [3.8, 4) is 0 Å². The number of carbonyl (C=O) groups excluding carboxylic acids is 1. The van der Waals surface area contributed by atoms with E-state index in [0.29, 0.717) is 6.04 Å². The quantitative estimate of drug-likeness (QED) is 0.832. The smallest absolute Gasteiger partial charge is 0.255 e. The number of benzene rings is 1. The first-order chi connectivity index (χ1) is 12.5. The van der Waals surface area contributed by atoms with Gasteiger partial charge in [-0.1, -0.05) is 24.3 Å². The highest BCUT2D eigenvalue weighted by Gasteiger charge is 2.29. The normalized spacial score (nSPS) is 18.8. The zero-order valence-corrected chi connectivity index (χ0v) is 16.2. The third kappa shape index (κ3) is 3.07. The van der Waals surface area contributed by atoms with E-state index < -0.39 is 0 Å². The number of amides is 1. The maximum atomic E-state index is 13.0. The maximum absolute atomic E-state index is 13.0. The van der Waals surface area contributed by atoms with Gasteiger partial charge >= 0.3 is 0 Å². The van der Waals surface area contributed by atoms with Gasteiger partial charge in [0.1, 0.15) is 0 Å². The van der Waals surface area contributed by atoms with Crippen LogP contribution in [-0.4, -0.2) is 52.5 Å². The lowest BCUT2D eigenvalue weighted by Crippen LogP contribution is -2.40. The van der Waals surface area contributed by atoms with E-state index in [1.807, 2.05) is 20.0 Å². The molecule has 0 radical (unpaired) electrons. The molecule has 0 saturated carbocycles. The molecule has 0 spiro atoms. The molecule has 4 nitrogen and oxygen atoms in total. The number of carbonyl (C=O) groups is 1. The summed E-state index contributed by atoms with van der Waals surface area (Å²) in [5.74, 6) is 0.197. The number of nitrogens with zero attached hydrogens (tertiary/aromatic N) is 3. The summed E-state index contributed by atoms with van der Waals surface area (Å²) in [6.07, 6.45) is 3.37. The van der Waals surface area contributed by atoms with Crippen LogP contribution in [0.5, 0.6) is 0 Å². The third-order valence-electron chi connectivity index (χ3n) is 6.37. The fraction of sp³-hybridized carbons (Fsp3) is 0.500. The van der Waals surface area contributed by atoms with E-state index in [1.54, 1.807) is 0 Å². The van der Waals surface area contributed by atoms with Gasteiger partial charge in [0, 0.05) is 50.7 Å². The molecule has 2 aromatic rings. The SMILES string of the molecule is Cc1cc(C(=O)N2CCCN(C3Cc4ccccc4C3)CC2)c(C)n1C. The maximum Gasteiger partial charge on any atom is 0.255 e. The Labute approximate surface area is 156 Å². The van der Waals surface area contributed by atoms with Gasteiger partial charge in [0.25, 0.3) is 5.91 Å². The first kappa shape index (κ1) is 17.3. The molecule has 4 rings (SSSR count). The summed E-state index contributed by atoms with van der Waals surface area (Å²) in [5, 5.41) is 0. The van der Waals surface area contributed by atoms with Crippen molar-refractivity contribution in [2.75, 3.05) is 26.2 Å². The van der Waals surface area contributed by atoms with Gasteiger partial charge in [-0.05, 0) is 50.3 Å². The highest BCUT2D eigenvalue weighted by molar-refractivity contribution is 5.95. The molecule has 1 aromatic carbocycles. The van der Waals surface area contributed by atoms with Crippen LogP contribution in [0.4, 0.5) is 0 Å². The summed E-state index contributed by atoms with van der Waals surface area (Å²) < 4.78 is 2.10. The number of fused-ring (bicyclic) bond motifs is 1. The minimum Gasteiger partial charge on any atom is -0.351 e. The number of hydrogen-bond acceptors (Lipinski definition) is 2. The molecule has 0 unspecified atom stereocenters. The summed E-state index contributed by atoms with van der Waals surface area (Å²) in [7, 11) is 2.03. The molecule has 1 saturated heterocycles. The van der Waals surface area contributed by atoms with Crippen molar-refractivity contribution in [1.82, 2.24) is 14.4 Å². The molecule has 1 amide bonds. The summed E-state index contributed by atoms with van der Waals surface area (Å²) in [6.45, 7) is 7.87. The van der Waals surface area contributed by atoms with E-state index in [9.17, 15) is 4.79 Å². The van der Waals surface area contributed by atoms with Gasteiger partial charge in [0.2, 0.25) is 0 Å². The van der Waals surface area contributed by atoms with Crippen LogP contribution in [0.3, 0.4) is 0 Å². The first-order valence-electron chi connectivity index (χ1n) is 9.77. The van der Waals surface area contributed by atoms with Crippen molar-refractivity contribution < 1.29 is 4.79 Å². The Kier molecular flexibility index (Phi) is 4.62. The Morgan fingerprint density at radius 2 is 1.69 bits per heavy atom. The molecule has 26 heavy (non-hydrogen) atoms. The second kappa shape index (κ2) is 6.92. The van der Waals surface area contributed by atoms with Crippen molar-refractivity contribution in [3.05, 3.63) is 58.4 Å². The zero-order valence-electron chi connectivity index (χ0n) is 16.2. The molecule has 1 aromatic heterocycles. The highest BCUT2D eigenvalue weighted by atomic mass is 16.2. The molecule has 138 valence electrons. The molecule has 0 bridgehead atoms. The molecule has 1 aliphatic carbocycles. The van der Waals surface area contributed by atoms with E-state index >= 15 is 0 Å². The second-order valence-corrected chi connectivity index (χ2v) is 7.86. The monoisotopic (exact) mass is 351 g/mol. The van der Waals surface area contributed by atoms with Gasteiger partial charge in [-0.2, -0.15) is 0 Å². The predicted molar refractivity (Wildman–Crippen MR) is 105 cm³/mol. The summed E-state index contributed by atoms with van der Waals surface area (Å²) in [5.41, 5.74) is 6.09. The number of aromatic nitrogens is 1. The predicted octanol–water partition coefficient (Wildman–Crippen LogP) is 2.96. The molecule has 0 N–H and O–H groups in total. The van der Waals surface area contributed by atoms with Gasteiger partial charge in [-0.3, -0.25) is 9.69 Å². The van der Waals surface area contributed by atoms with Crippen LogP contribution in [0.2, 0.25) is 0 Å². The molecule has 2 aliphatic rings. The molecule has 2 heterocycles. The van der Waals surface area contributed by atoms with Gasteiger partial charge in [0.15, 0.2) is 0 Å². The lowest BCUT2D eigenvalue weighted by Gasteiger charge is -2.27. The van der Waals surface area contributed by atoms with Gasteiger partial charge in [-0.25, -0.2) is 0 Å². The third-order valence-corrected chi connectivity index (χ3v) is 6.37. The van der Waals surface area contributed by atoms with E-state index in [4.69, 9.17) is 0 Å². The van der Waals surface area contributed by atoms with Crippen LogP contribution in [0, 0.1) is 13.8 Å². The van der Waals surface area contributed by atoms with Crippen molar-refractivity contribution in [3.63, 3.8) is 0 Å². The molecule has 1 fully saturated rings. The standard InChI is InChI=1S/C22H29N3O/c1-16-13-21(17(2)23(16)3)22(26)25-10-6-9-24(11-12-25)20-14-18-7-4-5-8-19(18)15-20/h4-5,7-8,13,20H,6,9-12,14-15H2,1-3H3. The van der Waals surface area contributed by atoms with Crippen LogP contribution in [0.1, 0.15) is 39.3 Å². The highest BCUT2D eigenvalue weighted by Crippen LogP contribution is 2.26. The van der Waals surface area contributed by atoms with Crippen molar-refractivity contribution in [2.45, 2.75) is 39.2 Å². The fourth-order valence-electron chi connectivity index (χ4n) is 4.54. The summed E-state index contributed by atoms with van der Waals surface area (Å²) >= 11 is 0. The molecular formula is C22H29N3O. The first-order valence-corrected chi connectivity index (χ1v) is 9.77. The lowest BCUT2D eigenvalue weighted by atomic mass is 10.1. The Morgan fingerprint density at radius 1 is 1.00 bits per heavy atom. The average molecular weight is 351 g/mol. The minimum absolute atomic E-state index is 0.197. The second-order valence-electron chi connectivity index (χ2n) is 7.86. The van der Waals surface area contributed by atoms with Crippen molar-refractivity contribution in [2.24, 2.45) is 7.05 Å². The van der Waals surface area contributed by atoms with Crippen molar-refractivity contribution >= 4 is 5.91 Å². The Balaban J connectivity index is 1.42. The van der Waals surface area contributed by atoms with Gasteiger partial charge < -0.3 is 9.47 Å². The van der Waals surface area contributed by atoms with E-state index in [2.05, 4.69) is 45.6 Å². The number of aryl methyl sites for hydroxylation is 1.